The highest BCUT2D eigenvalue weighted by Crippen LogP contribution is 2.52. The van der Waals surface area contributed by atoms with E-state index in [1.807, 2.05) is 0 Å². The van der Waals surface area contributed by atoms with Crippen LogP contribution in [0.25, 0.3) is 0 Å². The highest BCUT2D eigenvalue weighted by Gasteiger charge is 2.50. The van der Waals surface area contributed by atoms with Gasteiger partial charge in [-0.3, -0.25) is 19.2 Å². The maximum Gasteiger partial charge on any atom is 0.306 e. The maximum atomic E-state index is 13.8. The number of Topliss-reactive ketones (excluding diaryl/α,β-unsaturated/α-hetero) is 2. The van der Waals surface area contributed by atoms with Gasteiger partial charge < -0.3 is 44.2 Å². The number of phenolic OH excluding ortho intramolecular Hbond substituents is 2. The monoisotopic (exact) mass is 675 g/mol. The molecule has 5 rings (SSSR count). The van der Waals surface area contributed by atoms with Crippen molar-refractivity contribution in [2.75, 3.05) is 13.7 Å². The molecule has 1 aliphatic heterocycles. The number of aromatic hydroxyl groups is 2. The van der Waals surface area contributed by atoms with Gasteiger partial charge in [0.05, 0.1) is 54.6 Å². The van der Waals surface area contributed by atoms with E-state index in [-0.39, 0.29) is 53.0 Å². The molecule has 5 N–H and O–H groups in total. The molecule has 0 spiro atoms. The standard InChI is InChI=1S/C32H34ClNO13/c1-13(35)7-8-21(37)45-12-20(36)32(43)10-16-24(19(11-32)47-22-9-17(34-33)27(38)14(2)46-22)31(42)26-25(29(16)40)28(39)15-5-4-6-18(44-3)23(15)30(26)41/h4-6,14,17,19,22,27,34,38,40,42-43H,7-12H2,1-3H3/t14-,17-,19-,22-,27+,32-/m0/s1. The van der Waals surface area contributed by atoms with Crippen LogP contribution in [0.3, 0.4) is 0 Å². The second-order valence-corrected chi connectivity index (χ2v) is 12.1. The summed E-state index contributed by atoms with van der Waals surface area (Å²) in [6, 6.07) is 3.59. The Labute approximate surface area is 273 Å². The first-order chi connectivity index (χ1) is 22.2. The summed E-state index contributed by atoms with van der Waals surface area (Å²) in [6.07, 6.45) is -6.03. The third kappa shape index (κ3) is 6.24. The average Bonchev–Trinajstić information content (AvgIpc) is 3.03. The Balaban J connectivity index is 1.58. The normalized spacial score (nSPS) is 26.6. The van der Waals surface area contributed by atoms with E-state index in [1.54, 1.807) is 6.92 Å². The lowest BCUT2D eigenvalue weighted by molar-refractivity contribution is -0.248. The zero-order chi connectivity index (χ0) is 34.4. The van der Waals surface area contributed by atoms with Crippen molar-refractivity contribution in [3.8, 4) is 17.2 Å². The van der Waals surface area contributed by atoms with Crippen molar-refractivity contribution in [3.63, 3.8) is 0 Å². The quantitative estimate of drug-likeness (QED) is 0.118. The van der Waals surface area contributed by atoms with Crippen LogP contribution in [0.5, 0.6) is 17.2 Å². The fraction of sp³-hybridized carbons (Fsp3) is 0.469. The van der Waals surface area contributed by atoms with Gasteiger partial charge in [-0.05, 0) is 31.7 Å². The third-order valence-electron chi connectivity index (χ3n) is 8.80. The molecule has 0 radical (unpaired) electrons. The summed E-state index contributed by atoms with van der Waals surface area (Å²) >= 11 is 5.82. The van der Waals surface area contributed by atoms with Crippen LogP contribution in [0.4, 0.5) is 0 Å². The van der Waals surface area contributed by atoms with Crippen LogP contribution < -0.4 is 9.57 Å². The Morgan fingerprint density at radius 3 is 2.45 bits per heavy atom. The van der Waals surface area contributed by atoms with E-state index in [0.29, 0.717) is 0 Å². The van der Waals surface area contributed by atoms with Crippen LogP contribution in [-0.2, 0) is 35.0 Å². The van der Waals surface area contributed by atoms with E-state index in [1.165, 1.54) is 32.2 Å². The zero-order valence-electron chi connectivity index (χ0n) is 25.7. The van der Waals surface area contributed by atoms with Gasteiger partial charge in [0.1, 0.15) is 28.6 Å². The lowest BCUT2D eigenvalue weighted by Crippen LogP contribution is -2.53. The SMILES string of the molecule is COc1cccc2c1C(=O)c1c(O)c3c(c(O)c1C2=O)C[C@@](O)(C(=O)COC(=O)CCC(C)=O)C[C@@H]3O[C@H]1C[C@H](NCl)[C@H](O)[C@H](C)O1. The molecule has 1 heterocycles. The molecule has 2 aromatic carbocycles. The molecule has 2 aromatic rings. The minimum atomic E-state index is -2.37. The summed E-state index contributed by atoms with van der Waals surface area (Å²) in [5.74, 6) is -5.13. The molecule has 252 valence electrons. The van der Waals surface area contributed by atoms with Gasteiger partial charge in [0.25, 0.3) is 0 Å². The number of benzene rings is 2. The Bertz CT molecular complexity index is 1660. The van der Waals surface area contributed by atoms with E-state index in [9.17, 15) is 44.4 Å². The number of rotatable bonds is 10. The summed E-state index contributed by atoms with van der Waals surface area (Å²) in [6.45, 7) is 1.96. The van der Waals surface area contributed by atoms with Crippen LogP contribution in [0.1, 0.15) is 88.6 Å². The van der Waals surface area contributed by atoms with Crippen LogP contribution in [0, 0.1) is 0 Å². The molecule has 2 aliphatic carbocycles. The van der Waals surface area contributed by atoms with Crippen molar-refractivity contribution in [1.29, 1.82) is 0 Å². The van der Waals surface area contributed by atoms with E-state index >= 15 is 0 Å². The van der Waals surface area contributed by atoms with Gasteiger partial charge in [0, 0.05) is 42.4 Å². The molecule has 6 atom stereocenters. The van der Waals surface area contributed by atoms with Crippen molar-refractivity contribution in [1.82, 2.24) is 4.84 Å². The predicted octanol–water partition coefficient (Wildman–Crippen LogP) is 1.71. The number of aliphatic hydroxyl groups excluding tert-OH is 1. The molecule has 47 heavy (non-hydrogen) atoms. The predicted molar refractivity (Wildman–Crippen MR) is 160 cm³/mol. The number of methoxy groups -OCH3 is 1. The van der Waals surface area contributed by atoms with Crippen LogP contribution >= 0.6 is 11.8 Å². The summed E-state index contributed by atoms with van der Waals surface area (Å²) in [7, 11) is 1.31. The number of ether oxygens (including phenoxy) is 4. The Hall–Kier alpha value is -3.92. The van der Waals surface area contributed by atoms with Gasteiger partial charge in [0.15, 0.2) is 18.7 Å². The number of ketones is 4. The minimum Gasteiger partial charge on any atom is -0.507 e. The van der Waals surface area contributed by atoms with Crippen LogP contribution in [-0.4, -0.2) is 93.4 Å². The number of carbonyl (C=O) groups excluding carboxylic acids is 5. The Kier molecular flexibility index (Phi) is 9.74. The number of halogens is 1. The molecule has 1 saturated heterocycles. The van der Waals surface area contributed by atoms with E-state index < -0.39 is 102 Å². The fourth-order valence-electron chi connectivity index (χ4n) is 6.31. The zero-order valence-corrected chi connectivity index (χ0v) is 26.5. The highest BCUT2D eigenvalue weighted by molar-refractivity contribution is 6.31. The summed E-state index contributed by atoms with van der Waals surface area (Å²) < 4.78 is 22.2. The first-order valence-corrected chi connectivity index (χ1v) is 15.2. The second-order valence-electron chi connectivity index (χ2n) is 11.9. The third-order valence-corrected chi connectivity index (χ3v) is 9.08. The Morgan fingerprint density at radius 1 is 1.09 bits per heavy atom. The second kappa shape index (κ2) is 13.3. The van der Waals surface area contributed by atoms with Gasteiger partial charge in [-0.25, -0.2) is 4.84 Å². The molecule has 0 saturated carbocycles. The van der Waals surface area contributed by atoms with Crippen molar-refractivity contribution in [2.24, 2.45) is 0 Å². The topological polar surface area (TPSA) is 215 Å². The lowest BCUT2D eigenvalue weighted by Gasteiger charge is -2.42. The molecule has 15 heteroatoms. The number of nitrogens with one attached hydrogen (secondary N) is 1. The number of carbonyl (C=O) groups is 5. The van der Waals surface area contributed by atoms with E-state index in [4.69, 9.17) is 30.7 Å². The van der Waals surface area contributed by atoms with Gasteiger partial charge >= 0.3 is 5.97 Å². The average molecular weight is 676 g/mol. The number of fused-ring (bicyclic) bond motifs is 3. The Morgan fingerprint density at radius 2 is 1.79 bits per heavy atom. The molecule has 0 aromatic heterocycles. The molecule has 0 amide bonds. The van der Waals surface area contributed by atoms with Gasteiger partial charge in [-0.2, -0.15) is 0 Å². The summed E-state index contributed by atoms with van der Waals surface area (Å²) in [5, 5.41) is 45.4. The number of hydrogen-bond donors (Lipinski definition) is 5. The number of esters is 1. The fourth-order valence-corrected chi connectivity index (χ4v) is 6.53. The lowest BCUT2D eigenvalue weighted by atomic mass is 9.72. The van der Waals surface area contributed by atoms with Crippen molar-refractivity contribution < 1.29 is 63.3 Å². The number of hydrogen-bond acceptors (Lipinski definition) is 14. The molecule has 0 unspecified atom stereocenters. The van der Waals surface area contributed by atoms with Crippen LogP contribution in [0.15, 0.2) is 18.2 Å². The molecular formula is C32H34ClNO13. The van der Waals surface area contributed by atoms with Crippen molar-refractivity contribution in [3.05, 3.63) is 51.6 Å². The van der Waals surface area contributed by atoms with Crippen LogP contribution in [0.2, 0.25) is 0 Å². The molecule has 0 bridgehead atoms. The molecule has 3 aliphatic rings. The van der Waals surface area contributed by atoms with E-state index in [2.05, 4.69) is 4.84 Å². The van der Waals surface area contributed by atoms with Crippen molar-refractivity contribution >= 4 is 40.9 Å². The largest absolute Gasteiger partial charge is 0.507 e. The molecule has 14 nitrogen and oxygen atoms in total. The number of phenols is 2. The molecule has 1 fully saturated rings. The summed E-state index contributed by atoms with van der Waals surface area (Å²) in [4.78, 5) is 66.8. The maximum absolute atomic E-state index is 13.8. The van der Waals surface area contributed by atoms with E-state index in [0.717, 1.165) is 0 Å². The van der Waals surface area contributed by atoms with Gasteiger partial charge in [-0.1, -0.05) is 12.1 Å². The molecular weight excluding hydrogens is 642 g/mol. The smallest absolute Gasteiger partial charge is 0.306 e. The summed E-state index contributed by atoms with van der Waals surface area (Å²) in [5.41, 5.74) is -4.05. The van der Waals surface area contributed by atoms with Gasteiger partial charge in [0.2, 0.25) is 11.6 Å². The van der Waals surface area contributed by atoms with Gasteiger partial charge in [-0.15, -0.1) is 0 Å². The minimum absolute atomic E-state index is 0.0271. The first kappa shape index (κ1) is 34.4. The first-order valence-electron chi connectivity index (χ1n) is 14.8. The number of aliphatic hydroxyl groups is 2. The highest BCUT2D eigenvalue weighted by atomic mass is 35.5. The van der Waals surface area contributed by atoms with Crippen molar-refractivity contribution in [2.45, 2.75) is 82.2 Å².